The molecule has 5 nitrogen and oxygen atoms in total. The lowest BCUT2D eigenvalue weighted by Gasteiger charge is -2.10. The van der Waals surface area contributed by atoms with E-state index in [0.717, 1.165) is 0 Å². The molecule has 1 aromatic carbocycles. The van der Waals surface area contributed by atoms with Crippen molar-refractivity contribution in [3.05, 3.63) is 35.9 Å². The van der Waals surface area contributed by atoms with Crippen LogP contribution in [0.5, 0.6) is 0 Å². The van der Waals surface area contributed by atoms with Gasteiger partial charge in [0.2, 0.25) is 5.82 Å². The van der Waals surface area contributed by atoms with Gasteiger partial charge in [-0.25, -0.2) is 4.98 Å². The summed E-state index contributed by atoms with van der Waals surface area (Å²) in [7, 11) is 0. The van der Waals surface area contributed by atoms with Crippen molar-refractivity contribution in [2.75, 3.05) is 11.1 Å². The molecule has 2 rings (SSSR count). The highest BCUT2D eigenvalue weighted by Crippen LogP contribution is 2.32. The average molecular weight is 316 g/mol. The molecule has 1 heterocycles. The first-order valence-corrected chi connectivity index (χ1v) is 6.82. The van der Waals surface area contributed by atoms with Crippen LogP contribution in [0.4, 0.5) is 18.9 Å². The first-order valence-electron chi connectivity index (χ1n) is 5.84. The standard InChI is InChI=1S/C12H11F3N4OS/c1-7-16-10(19-18-7)11(20)17-8-4-2-3-5-9(8)21-6-12(13,14)15/h2-5H,6H2,1H3,(H,17,20)(H,16,18,19). The van der Waals surface area contributed by atoms with E-state index in [1.807, 2.05) is 0 Å². The van der Waals surface area contributed by atoms with Crippen molar-refractivity contribution >= 4 is 23.4 Å². The van der Waals surface area contributed by atoms with Gasteiger partial charge in [-0.2, -0.15) is 13.2 Å². The van der Waals surface area contributed by atoms with Gasteiger partial charge < -0.3 is 5.32 Å². The van der Waals surface area contributed by atoms with E-state index in [2.05, 4.69) is 20.5 Å². The second kappa shape index (κ2) is 6.17. The van der Waals surface area contributed by atoms with E-state index in [-0.39, 0.29) is 5.82 Å². The van der Waals surface area contributed by atoms with Crippen molar-refractivity contribution in [1.82, 2.24) is 15.2 Å². The normalized spacial score (nSPS) is 11.4. The van der Waals surface area contributed by atoms with Crippen molar-refractivity contribution in [3.63, 3.8) is 0 Å². The Morgan fingerprint density at radius 2 is 2.10 bits per heavy atom. The molecule has 112 valence electrons. The van der Waals surface area contributed by atoms with Crippen LogP contribution in [0.25, 0.3) is 0 Å². The number of thioether (sulfide) groups is 1. The van der Waals surface area contributed by atoms with Crippen molar-refractivity contribution in [1.29, 1.82) is 0 Å². The highest BCUT2D eigenvalue weighted by Gasteiger charge is 2.27. The Labute approximate surface area is 122 Å². The van der Waals surface area contributed by atoms with E-state index in [4.69, 9.17) is 0 Å². The summed E-state index contributed by atoms with van der Waals surface area (Å²) in [5, 5.41) is 8.72. The number of benzene rings is 1. The molecule has 1 amide bonds. The molecule has 0 spiro atoms. The number of nitrogens with one attached hydrogen (secondary N) is 2. The van der Waals surface area contributed by atoms with Gasteiger partial charge in [-0.05, 0) is 19.1 Å². The summed E-state index contributed by atoms with van der Waals surface area (Å²) in [5.74, 6) is -1.21. The lowest BCUT2D eigenvalue weighted by molar-refractivity contribution is -0.105. The lowest BCUT2D eigenvalue weighted by atomic mass is 10.3. The minimum atomic E-state index is -4.28. The third-order valence-electron chi connectivity index (χ3n) is 2.33. The second-order valence-electron chi connectivity index (χ2n) is 4.10. The maximum Gasteiger partial charge on any atom is 0.398 e. The Morgan fingerprint density at radius 3 is 2.71 bits per heavy atom. The molecule has 0 bridgehead atoms. The van der Waals surface area contributed by atoms with Crippen LogP contribution in [0, 0.1) is 6.92 Å². The molecule has 0 saturated carbocycles. The molecule has 0 aliphatic heterocycles. The second-order valence-corrected chi connectivity index (χ2v) is 5.12. The van der Waals surface area contributed by atoms with E-state index in [9.17, 15) is 18.0 Å². The number of aromatic amines is 1. The van der Waals surface area contributed by atoms with Crippen LogP contribution >= 0.6 is 11.8 Å². The number of hydrogen-bond donors (Lipinski definition) is 2. The molecule has 2 N–H and O–H groups in total. The summed E-state index contributed by atoms with van der Waals surface area (Å²) in [4.78, 5) is 16.1. The highest BCUT2D eigenvalue weighted by atomic mass is 32.2. The molecule has 9 heteroatoms. The summed E-state index contributed by atoms with van der Waals surface area (Å²) >= 11 is 0.608. The molecule has 0 radical (unpaired) electrons. The van der Waals surface area contributed by atoms with E-state index < -0.39 is 17.8 Å². The van der Waals surface area contributed by atoms with Crippen LogP contribution in [0.2, 0.25) is 0 Å². The molecule has 0 saturated heterocycles. The SMILES string of the molecule is Cc1nc(C(=O)Nc2ccccc2SCC(F)(F)F)n[nH]1. The van der Waals surface area contributed by atoms with Gasteiger partial charge in [0.25, 0.3) is 5.91 Å². The van der Waals surface area contributed by atoms with Crippen LogP contribution in [0.15, 0.2) is 29.2 Å². The first-order chi connectivity index (χ1) is 9.85. The number of carbonyl (C=O) groups excluding carboxylic acids is 1. The number of hydrogen-bond acceptors (Lipinski definition) is 4. The van der Waals surface area contributed by atoms with Crippen LogP contribution in [0.1, 0.15) is 16.4 Å². The van der Waals surface area contributed by atoms with Gasteiger partial charge in [0.1, 0.15) is 5.82 Å². The third-order valence-corrected chi connectivity index (χ3v) is 3.47. The van der Waals surface area contributed by atoms with Crippen molar-refractivity contribution in [2.24, 2.45) is 0 Å². The number of rotatable bonds is 4. The summed E-state index contributed by atoms with van der Waals surface area (Å²) in [6.45, 7) is 1.64. The zero-order chi connectivity index (χ0) is 15.5. The predicted molar refractivity (Wildman–Crippen MR) is 72.3 cm³/mol. The number of halogens is 3. The largest absolute Gasteiger partial charge is 0.398 e. The number of carbonyl (C=O) groups is 1. The number of aromatic nitrogens is 3. The number of nitrogens with zero attached hydrogens (tertiary/aromatic N) is 2. The molecule has 0 aliphatic carbocycles. The average Bonchev–Trinajstić information content (AvgIpc) is 2.83. The van der Waals surface area contributed by atoms with E-state index in [0.29, 0.717) is 28.2 Å². The summed E-state index contributed by atoms with van der Waals surface area (Å²) < 4.78 is 36.8. The van der Waals surface area contributed by atoms with Gasteiger partial charge in [-0.1, -0.05) is 12.1 Å². The molecule has 1 aromatic heterocycles. The Hall–Kier alpha value is -2.03. The Balaban J connectivity index is 2.11. The summed E-state index contributed by atoms with van der Waals surface area (Å²) in [5.41, 5.74) is 0.291. The van der Waals surface area contributed by atoms with Gasteiger partial charge in [0.05, 0.1) is 11.4 Å². The number of alkyl halides is 3. The van der Waals surface area contributed by atoms with Crippen molar-refractivity contribution in [3.8, 4) is 0 Å². The monoisotopic (exact) mass is 316 g/mol. The van der Waals surface area contributed by atoms with Crippen molar-refractivity contribution < 1.29 is 18.0 Å². The Kier molecular flexibility index (Phi) is 4.51. The maximum atomic E-state index is 12.3. The fourth-order valence-electron chi connectivity index (χ4n) is 1.48. The Morgan fingerprint density at radius 1 is 1.38 bits per heavy atom. The number of anilines is 1. The summed E-state index contributed by atoms with van der Waals surface area (Å²) in [6, 6.07) is 6.26. The lowest BCUT2D eigenvalue weighted by Crippen LogP contribution is -2.15. The van der Waals surface area contributed by atoms with E-state index in [1.54, 1.807) is 19.1 Å². The van der Waals surface area contributed by atoms with Gasteiger partial charge in [-0.3, -0.25) is 9.89 Å². The number of H-pyrrole nitrogens is 1. The van der Waals surface area contributed by atoms with Crippen LogP contribution < -0.4 is 5.32 Å². The van der Waals surface area contributed by atoms with Crippen LogP contribution in [-0.2, 0) is 0 Å². The molecule has 0 aliphatic rings. The fourth-order valence-corrected chi connectivity index (χ4v) is 2.25. The smallest absolute Gasteiger partial charge is 0.318 e. The van der Waals surface area contributed by atoms with Gasteiger partial charge in [0.15, 0.2) is 0 Å². The maximum absolute atomic E-state index is 12.3. The zero-order valence-corrected chi connectivity index (χ0v) is 11.7. The molecular formula is C12H11F3N4OS. The molecular weight excluding hydrogens is 305 g/mol. The molecule has 0 atom stereocenters. The topological polar surface area (TPSA) is 70.7 Å². The number of amides is 1. The Bertz CT molecular complexity index is 641. The first kappa shape index (κ1) is 15.4. The van der Waals surface area contributed by atoms with Crippen LogP contribution in [-0.4, -0.2) is 33.0 Å². The van der Waals surface area contributed by atoms with Gasteiger partial charge >= 0.3 is 6.18 Å². The molecule has 21 heavy (non-hydrogen) atoms. The molecule has 0 fully saturated rings. The van der Waals surface area contributed by atoms with Gasteiger partial charge in [0, 0.05) is 4.90 Å². The van der Waals surface area contributed by atoms with Crippen LogP contribution in [0.3, 0.4) is 0 Å². The van der Waals surface area contributed by atoms with E-state index >= 15 is 0 Å². The minimum absolute atomic E-state index is 0.0666. The minimum Gasteiger partial charge on any atom is -0.318 e. The predicted octanol–water partition coefficient (Wildman–Crippen LogP) is 3.02. The summed E-state index contributed by atoms with van der Waals surface area (Å²) in [6.07, 6.45) is -4.28. The van der Waals surface area contributed by atoms with E-state index in [1.165, 1.54) is 12.1 Å². The quantitative estimate of drug-likeness (QED) is 0.851. The fraction of sp³-hybridized carbons (Fsp3) is 0.250. The number of para-hydroxylation sites is 1. The molecule has 0 unspecified atom stereocenters. The zero-order valence-electron chi connectivity index (χ0n) is 10.9. The molecule has 2 aromatic rings. The number of aryl methyl sites for hydroxylation is 1. The van der Waals surface area contributed by atoms with Crippen molar-refractivity contribution in [2.45, 2.75) is 18.0 Å². The van der Waals surface area contributed by atoms with Gasteiger partial charge in [-0.15, -0.1) is 16.9 Å². The third kappa shape index (κ3) is 4.48. The highest BCUT2D eigenvalue weighted by molar-refractivity contribution is 7.99.